The molecule has 110 valence electrons. The number of nitrogens with zero attached hydrogens (tertiary/aromatic N) is 1. The van der Waals surface area contributed by atoms with Crippen LogP contribution in [0.15, 0.2) is 10.6 Å². The van der Waals surface area contributed by atoms with Gasteiger partial charge in [0.25, 0.3) is 0 Å². The third-order valence-electron chi connectivity index (χ3n) is 3.82. The summed E-state index contributed by atoms with van der Waals surface area (Å²) in [6.45, 7) is 4.14. The van der Waals surface area contributed by atoms with E-state index in [1.165, 1.54) is 0 Å². The minimum absolute atomic E-state index is 0.204. The molecule has 1 heterocycles. The maximum Gasteiger partial charge on any atom is 0.307 e. The molecule has 3 atom stereocenters. The second-order valence-corrected chi connectivity index (χ2v) is 5.42. The average Bonchev–Trinajstić information content (AvgIpc) is 3.02. The van der Waals surface area contributed by atoms with E-state index in [4.69, 9.17) is 9.52 Å². The molecule has 1 unspecified atom stereocenters. The molecule has 1 fully saturated rings. The van der Waals surface area contributed by atoms with Crippen molar-refractivity contribution in [3.63, 3.8) is 0 Å². The van der Waals surface area contributed by atoms with Gasteiger partial charge in [-0.25, -0.2) is 4.98 Å². The van der Waals surface area contributed by atoms with Crippen molar-refractivity contribution >= 4 is 11.9 Å². The van der Waals surface area contributed by atoms with Crippen LogP contribution >= 0.6 is 0 Å². The molecule has 0 aliphatic heterocycles. The minimum Gasteiger partial charge on any atom is -0.481 e. The van der Waals surface area contributed by atoms with Gasteiger partial charge in [-0.15, -0.1) is 0 Å². The number of aromatic nitrogens is 1. The van der Waals surface area contributed by atoms with E-state index in [9.17, 15) is 9.59 Å². The van der Waals surface area contributed by atoms with Crippen LogP contribution in [0, 0.1) is 17.8 Å². The predicted molar refractivity (Wildman–Crippen MR) is 70.7 cm³/mol. The first-order valence-corrected chi connectivity index (χ1v) is 6.95. The lowest BCUT2D eigenvalue weighted by atomic mass is 9.95. The molecule has 1 amide bonds. The van der Waals surface area contributed by atoms with Gasteiger partial charge in [0, 0.05) is 6.42 Å². The number of hydrogen-bond acceptors (Lipinski definition) is 4. The number of aryl methyl sites for hydroxylation is 1. The summed E-state index contributed by atoms with van der Waals surface area (Å²) in [5.41, 5.74) is 0. The Hall–Kier alpha value is -1.85. The molecule has 2 N–H and O–H groups in total. The molecular weight excluding hydrogens is 260 g/mol. The lowest BCUT2D eigenvalue weighted by Gasteiger charge is -2.14. The highest BCUT2D eigenvalue weighted by Crippen LogP contribution is 2.36. The summed E-state index contributed by atoms with van der Waals surface area (Å²) < 4.78 is 5.40. The Kier molecular flexibility index (Phi) is 4.42. The van der Waals surface area contributed by atoms with Crippen LogP contribution in [-0.4, -0.2) is 22.0 Å². The average molecular weight is 280 g/mol. The van der Waals surface area contributed by atoms with E-state index in [1.54, 1.807) is 6.20 Å². The van der Waals surface area contributed by atoms with Gasteiger partial charge in [0.2, 0.25) is 11.8 Å². The van der Waals surface area contributed by atoms with Crippen molar-refractivity contribution in [3.05, 3.63) is 17.8 Å². The number of hydrogen-bond donors (Lipinski definition) is 2. The number of rotatable bonds is 5. The van der Waals surface area contributed by atoms with Gasteiger partial charge in [0.05, 0.1) is 24.6 Å². The van der Waals surface area contributed by atoms with Gasteiger partial charge < -0.3 is 14.8 Å². The van der Waals surface area contributed by atoms with E-state index in [-0.39, 0.29) is 18.4 Å². The summed E-state index contributed by atoms with van der Waals surface area (Å²) in [6, 6.07) is 0. The van der Waals surface area contributed by atoms with Crippen LogP contribution < -0.4 is 5.32 Å². The fourth-order valence-electron chi connectivity index (χ4n) is 2.74. The number of nitrogens with one attached hydrogen (secondary N) is 1. The molecule has 1 aromatic heterocycles. The number of oxazole rings is 1. The second kappa shape index (κ2) is 6.07. The van der Waals surface area contributed by atoms with Crippen molar-refractivity contribution in [1.82, 2.24) is 10.3 Å². The molecule has 1 aliphatic rings. The van der Waals surface area contributed by atoms with Crippen LogP contribution in [0.4, 0.5) is 0 Å². The third kappa shape index (κ3) is 3.18. The van der Waals surface area contributed by atoms with Crippen LogP contribution in [0.2, 0.25) is 0 Å². The monoisotopic (exact) mass is 280 g/mol. The van der Waals surface area contributed by atoms with E-state index in [0.29, 0.717) is 18.7 Å². The number of amides is 1. The molecule has 0 radical (unpaired) electrons. The molecule has 1 aromatic rings. The van der Waals surface area contributed by atoms with Crippen LogP contribution in [0.5, 0.6) is 0 Å². The molecule has 20 heavy (non-hydrogen) atoms. The quantitative estimate of drug-likeness (QED) is 0.854. The summed E-state index contributed by atoms with van der Waals surface area (Å²) >= 11 is 0. The molecule has 0 bridgehead atoms. The van der Waals surface area contributed by atoms with E-state index < -0.39 is 17.8 Å². The Morgan fingerprint density at radius 3 is 2.75 bits per heavy atom. The molecule has 2 rings (SSSR count). The zero-order valence-corrected chi connectivity index (χ0v) is 11.8. The van der Waals surface area contributed by atoms with Crippen LogP contribution in [0.3, 0.4) is 0 Å². The number of carbonyl (C=O) groups excluding carboxylic acids is 1. The van der Waals surface area contributed by atoms with Crippen molar-refractivity contribution in [3.8, 4) is 0 Å². The first-order valence-electron chi connectivity index (χ1n) is 6.95. The van der Waals surface area contributed by atoms with Gasteiger partial charge in [-0.2, -0.15) is 0 Å². The Balaban J connectivity index is 1.92. The molecule has 6 nitrogen and oxygen atoms in total. The molecule has 0 aromatic carbocycles. The summed E-state index contributed by atoms with van der Waals surface area (Å²) in [6.07, 6.45) is 3.57. The lowest BCUT2D eigenvalue weighted by Crippen LogP contribution is -2.35. The van der Waals surface area contributed by atoms with Crippen LogP contribution in [0.25, 0.3) is 0 Å². The Morgan fingerprint density at radius 1 is 1.45 bits per heavy atom. The number of carboxylic acid groups (broad SMARTS) is 1. The van der Waals surface area contributed by atoms with E-state index in [1.807, 2.05) is 13.8 Å². The highest BCUT2D eigenvalue weighted by Gasteiger charge is 2.41. The van der Waals surface area contributed by atoms with Crippen molar-refractivity contribution < 1.29 is 19.1 Å². The second-order valence-electron chi connectivity index (χ2n) is 5.42. The zero-order valence-electron chi connectivity index (χ0n) is 11.8. The Morgan fingerprint density at radius 2 is 2.15 bits per heavy atom. The van der Waals surface area contributed by atoms with Crippen molar-refractivity contribution in [1.29, 1.82) is 0 Å². The number of aliphatic carboxylic acids is 1. The van der Waals surface area contributed by atoms with Crippen molar-refractivity contribution in [2.75, 3.05) is 0 Å². The van der Waals surface area contributed by atoms with Gasteiger partial charge in [-0.05, 0) is 18.8 Å². The molecule has 0 spiro atoms. The van der Waals surface area contributed by atoms with Gasteiger partial charge in [0.15, 0.2) is 0 Å². The third-order valence-corrected chi connectivity index (χ3v) is 3.82. The Labute approximate surface area is 117 Å². The van der Waals surface area contributed by atoms with Crippen LogP contribution in [0.1, 0.15) is 38.3 Å². The first-order chi connectivity index (χ1) is 9.51. The fraction of sp³-hybridized carbons (Fsp3) is 0.643. The minimum atomic E-state index is -0.890. The largest absolute Gasteiger partial charge is 0.481 e. The van der Waals surface area contributed by atoms with Crippen LogP contribution in [-0.2, 0) is 22.6 Å². The highest BCUT2D eigenvalue weighted by molar-refractivity contribution is 5.85. The molecule has 6 heteroatoms. The summed E-state index contributed by atoms with van der Waals surface area (Å²) in [4.78, 5) is 27.3. The maximum atomic E-state index is 12.1. The smallest absolute Gasteiger partial charge is 0.307 e. The van der Waals surface area contributed by atoms with E-state index in [0.717, 1.165) is 12.2 Å². The summed E-state index contributed by atoms with van der Waals surface area (Å²) in [7, 11) is 0. The standard InChI is InChI=1S/C14H20N2O4/c1-3-9-6-15-12(20-9)7-16-13(17)10-4-8(2)5-11(10)14(18)19/h6,8,10-11H,3-5,7H2,1-2H3,(H,16,17)(H,18,19)/t8?,10-,11+/m0/s1. The Bertz CT molecular complexity index is 497. The summed E-state index contributed by atoms with van der Waals surface area (Å²) in [5, 5.41) is 11.9. The van der Waals surface area contributed by atoms with Crippen molar-refractivity contribution in [2.45, 2.75) is 39.7 Å². The lowest BCUT2D eigenvalue weighted by molar-refractivity contribution is -0.146. The van der Waals surface area contributed by atoms with Gasteiger partial charge >= 0.3 is 5.97 Å². The van der Waals surface area contributed by atoms with Gasteiger partial charge in [-0.1, -0.05) is 13.8 Å². The topological polar surface area (TPSA) is 92.4 Å². The maximum absolute atomic E-state index is 12.1. The molecular formula is C14H20N2O4. The molecule has 0 saturated heterocycles. The van der Waals surface area contributed by atoms with E-state index >= 15 is 0 Å². The molecule has 1 saturated carbocycles. The number of carbonyl (C=O) groups is 2. The first kappa shape index (κ1) is 14.6. The van der Waals surface area contributed by atoms with Gasteiger partial charge in [-0.3, -0.25) is 9.59 Å². The predicted octanol–water partition coefficient (Wildman–Crippen LogP) is 1.60. The molecule has 1 aliphatic carbocycles. The SMILES string of the molecule is CCc1cnc(CNC(=O)[C@H]2CC(C)C[C@H]2C(=O)O)o1. The van der Waals surface area contributed by atoms with Crippen molar-refractivity contribution in [2.24, 2.45) is 17.8 Å². The zero-order chi connectivity index (χ0) is 14.7. The normalized spacial score (nSPS) is 25.6. The van der Waals surface area contributed by atoms with Gasteiger partial charge in [0.1, 0.15) is 5.76 Å². The highest BCUT2D eigenvalue weighted by atomic mass is 16.4. The van der Waals surface area contributed by atoms with E-state index in [2.05, 4.69) is 10.3 Å². The summed E-state index contributed by atoms with van der Waals surface area (Å²) in [5.74, 6) is -0.665. The fourth-order valence-corrected chi connectivity index (χ4v) is 2.74. The number of carboxylic acids is 1.